The number of amidine groups is 1. The van der Waals surface area contributed by atoms with Crippen molar-refractivity contribution in [2.24, 2.45) is 10.8 Å². The summed E-state index contributed by atoms with van der Waals surface area (Å²) >= 11 is 2.09. The van der Waals surface area contributed by atoms with Gasteiger partial charge in [0, 0.05) is 0 Å². The minimum atomic E-state index is 0.457. The first kappa shape index (κ1) is 10.0. The number of hydrogen-bond donors (Lipinski definition) is 2. The molecule has 0 bridgehead atoms. The second-order valence-corrected chi connectivity index (χ2v) is 3.03. The molecule has 0 fully saturated rings. The number of halogens is 1. The van der Waals surface area contributed by atoms with E-state index in [0.717, 1.165) is 5.69 Å². The van der Waals surface area contributed by atoms with E-state index in [0.29, 0.717) is 5.84 Å². The number of benzene rings is 1. The van der Waals surface area contributed by atoms with Gasteiger partial charge in [0.05, 0.1) is 5.69 Å². The molecule has 1 aromatic carbocycles. The molecule has 0 heterocycles. The third kappa shape index (κ3) is 3.93. The topological polar surface area (TPSA) is 50.4 Å². The van der Waals surface area contributed by atoms with E-state index >= 15 is 0 Å². The average molecular weight is 287 g/mol. The lowest BCUT2D eigenvalue weighted by molar-refractivity contribution is 1.32. The number of nitrogens with two attached hydrogens (primary N) is 1. The summed E-state index contributed by atoms with van der Waals surface area (Å²) in [5.74, 6) is 0.457. The van der Waals surface area contributed by atoms with Crippen LogP contribution in [0.4, 0.5) is 5.69 Å². The summed E-state index contributed by atoms with van der Waals surface area (Å²) in [5, 5.41) is 3.94. The van der Waals surface area contributed by atoms with Crippen LogP contribution in [-0.2, 0) is 0 Å². The lowest BCUT2D eigenvalue weighted by atomic mass is 10.3. The Labute approximate surface area is 90.9 Å². The van der Waals surface area contributed by atoms with Gasteiger partial charge >= 0.3 is 0 Å². The fourth-order valence-corrected chi connectivity index (χ4v) is 1.11. The molecule has 0 aromatic heterocycles. The largest absolute Gasteiger partial charge is 0.382 e. The zero-order chi connectivity index (χ0) is 9.52. The summed E-state index contributed by atoms with van der Waals surface area (Å²) in [6.45, 7) is 0. The molecule has 13 heavy (non-hydrogen) atoms. The molecule has 0 saturated heterocycles. The van der Waals surface area contributed by atoms with Crippen LogP contribution in [-0.4, -0.2) is 5.84 Å². The third-order valence-electron chi connectivity index (χ3n) is 1.32. The summed E-state index contributed by atoms with van der Waals surface area (Å²) in [5.41, 5.74) is 9.29. The molecule has 68 valence electrons. The molecule has 3 N–H and O–H groups in total. The van der Waals surface area contributed by atoms with E-state index in [1.165, 1.54) is 0 Å². The van der Waals surface area contributed by atoms with Gasteiger partial charge in [-0.05, 0) is 22.3 Å². The van der Waals surface area contributed by atoms with Crippen LogP contribution >= 0.6 is 22.6 Å². The van der Waals surface area contributed by atoms with Crippen molar-refractivity contribution in [3.05, 3.63) is 40.5 Å². The van der Waals surface area contributed by atoms with Crippen molar-refractivity contribution in [3.8, 4) is 0 Å². The van der Waals surface area contributed by atoms with E-state index in [2.05, 4.69) is 33.1 Å². The Morgan fingerprint density at radius 2 is 2.08 bits per heavy atom. The van der Waals surface area contributed by atoms with Crippen LogP contribution in [0.3, 0.4) is 0 Å². The first-order valence-electron chi connectivity index (χ1n) is 3.74. The Kier molecular flexibility index (Phi) is 4.31. The van der Waals surface area contributed by atoms with Gasteiger partial charge in [0.2, 0.25) is 0 Å². The van der Waals surface area contributed by atoms with Crippen molar-refractivity contribution < 1.29 is 0 Å². The smallest absolute Gasteiger partial charge is 0.144 e. The maximum atomic E-state index is 5.53. The number of rotatable bonds is 3. The summed E-state index contributed by atoms with van der Waals surface area (Å²) in [6, 6.07) is 9.66. The Bertz CT molecular complexity index is 306. The molecule has 1 aromatic rings. The van der Waals surface area contributed by atoms with Crippen molar-refractivity contribution in [1.82, 2.24) is 0 Å². The molecule has 0 saturated carbocycles. The summed E-state index contributed by atoms with van der Waals surface area (Å²) < 4.78 is 1.81. The average Bonchev–Trinajstić information content (AvgIpc) is 2.17. The Hall–Kier alpha value is -1.04. The highest BCUT2D eigenvalue weighted by Crippen LogP contribution is 2.04. The third-order valence-corrected chi connectivity index (χ3v) is 1.68. The molecule has 0 unspecified atom stereocenters. The Morgan fingerprint density at radius 1 is 1.38 bits per heavy atom. The predicted molar refractivity (Wildman–Crippen MR) is 64.8 cm³/mol. The maximum Gasteiger partial charge on any atom is 0.144 e. The van der Waals surface area contributed by atoms with E-state index in [-0.39, 0.29) is 0 Å². The SMILES string of the molecule is NC(/C=C\I)=N/Nc1ccccc1. The van der Waals surface area contributed by atoms with Gasteiger partial charge in [-0.2, -0.15) is 5.10 Å². The van der Waals surface area contributed by atoms with Crippen LogP contribution in [0.25, 0.3) is 0 Å². The minimum Gasteiger partial charge on any atom is -0.382 e. The van der Waals surface area contributed by atoms with Crippen molar-refractivity contribution >= 4 is 34.1 Å². The van der Waals surface area contributed by atoms with Gasteiger partial charge in [0.15, 0.2) is 0 Å². The second kappa shape index (κ2) is 5.58. The minimum absolute atomic E-state index is 0.457. The van der Waals surface area contributed by atoms with Crippen LogP contribution in [0.15, 0.2) is 45.6 Å². The van der Waals surface area contributed by atoms with Gasteiger partial charge in [-0.3, -0.25) is 5.43 Å². The lowest BCUT2D eigenvalue weighted by Crippen LogP contribution is -2.09. The molecule has 0 spiro atoms. The van der Waals surface area contributed by atoms with Gasteiger partial charge in [-0.1, -0.05) is 40.8 Å². The van der Waals surface area contributed by atoms with Gasteiger partial charge < -0.3 is 5.73 Å². The predicted octanol–water partition coefficient (Wildman–Crippen LogP) is 2.32. The van der Waals surface area contributed by atoms with Crippen molar-refractivity contribution in [1.29, 1.82) is 0 Å². The molecule has 0 aliphatic carbocycles. The van der Waals surface area contributed by atoms with Crippen molar-refractivity contribution in [2.45, 2.75) is 0 Å². The highest BCUT2D eigenvalue weighted by Gasteiger charge is 1.86. The molecular weight excluding hydrogens is 277 g/mol. The summed E-state index contributed by atoms with van der Waals surface area (Å²) in [6.07, 6.45) is 1.72. The van der Waals surface area contributed by atoms with Gasteiger partial charge in [0.1, 0.15) is 5.84 Å². The van der Waals surface area contributed by atoms with E-state index < -0.39 is 0 Å². The molecule has 3 nitrogen and oxygen atoms in total. The van der Waals surface area contributed by atoms with Gasteiger partial charge in [0.25, 0.3) is 0 Å². The quantitative estimate of drug-likeness (QED) is 0.388. The second-order valence-electron chi connectivity index (χ2n) is 2.31. The van der Waals surface area contributed by atoms with Gasteiger partial charge in [-0.25, -0.2) is 0 Å². The molecule has 4 heteroatoms. The normalized spacial score (nSPS) is 11.9. The molecule has 0 aliphatic rings. The number of nitrogens with one attached hydrogen (secondary N) is 1. The number of hydrogen-bond acceptors (Lipinski definition) is 2. The zero-order valence-electron chi connectivity index (χ0n) is 6.94. The fourth-order valence-electron chi connectivity index (χ4n) is 0.744. The highest BCUT2D eigenvalue weighted by molar-refractivity contribution is 14.1. The first-order valence-corrected chi connectivity index (χ1v) is 4.98. The Morgan fingerprint density at radius 3 is 2.69 bits per heavy atom. The molecule has 0 aliphatic heterocycles. The number of nitrogens with zero attached hydrogens (tertiary/aromatic N) is 1. The summed E-state index contributed by atoms with van der Waals surface area (Å²) in [4.78, 5) is 0. The van der Waals surface area contributed by atoms with Crippen LogP contribution in [0, 0.1) is 0 Å². The van der Waals surface area contributed by atoms with Crippen LogP contribution < -0.4 is 11.2 Å². The zero-order valence-corrected chi connectivity index (χ0v) is 9.10. The molecular formula is C9H10IN3. The highest BCUT2D eigenvalue weighted by atomic mass is 127. The first-order chi connectivity index (χ1) is 6.33. The van der Waals surface area contributed by atoms with Crippen molar-refractivity contribution in [2.75, 3.05) is 5.43 Å². The van der Waals surface area contributed by atoms with E-state index in [9.17, 15) is 0 Å². The molecule has 0 amide bonds. The lowest BCUT2D eigenvalue weighted by Gasteiger charge is -1.98. The maximum absolute atomic E-state index is 5.53. The Balaban J connectivity index is 2.56. The molecule has 0 atom stereocenters. The van der Waals surface area contributed by atoms with Gasteiger partial charge in [-0.15, -0.1) is 0 Å². The molecule has 0 radical (unpaired) electrons. The van der Waals surface area contributed by atoms with Crippen LogP contribution in [0.5, 0.6) is 0 Å². The van der Waals surface area contributed by atoms with E-state index in [1.807, 2.05) is 34.4 Å². The molecule has 1 rings (SSSR count). The number of hydrazone groups is 1. The monoisotopic (exact) mass is 287 g/mol. The van der Waals surface area contributed by atoms with Crippen LogP contribution in [0.2, 0.25) is 0 Å². The standard InChI is InChI=1S/C9H10IN3/c10-7-6-9(11)13-12-8-4-2-1-3-5-8/h1-7,12H,(H2,11,13)/b7-6-. The van der Waals surface area contributed by atoms with E-state index in [4.69, 9.17) is 5.73 Å². The number of para-hydroxylation sites is 1. The van der Waals surface area contributed by atoms with Crippen molar-refractivity contribution in [3.63, 3.8) is 0 Å². The fraction of sp³-hybridized carbons (Fsp3) is 0. The van der Waals surface area contributed by atoms with E-state index in [1.54, 1.807) is 6.08 Å². The summed E-state index contributed by atoms with van der Waals surface area (Å²) in [7, 11) is 0. The van der Waals surface area contributed by atoms with Crippen LogP contribution in [0.1, 0.15) is 0 Å². The number of anilines is 1.